The molecule has 8 N–H and O–H groups in total. The van der Waals surface area contributed by atoms with Gasteiger partial charge in [-0.15, -0.1) is 0 Å². The number of rotatable bonds is 23. The second kappa shape index (κ2) is 36.3. The zero-order valence-electron chi connectivity index (χ0n) is 72.6. The Balaban J connectivity index is 0.684. The summed E-state index contributed by atoms with van der Waals surface area (Å²) in [5.74, 6) is -2.44. The number of anilines is 8. The van der Waals surface area contributed by atoms with E-state index in [2.05, 4.69) is 52.5 Å². The molecular formula is C102H86N12O16. The van der Waals surface area contributed by atoms with Crippen LogP contribution in [0.5, 0.6) is 34.5 Å². The van der Waals surface area contributed by atoms with Crippen molar-refractivity contribution in [3.8, 4) is 67.9 Å². The average Bonchev–Trinajstić information content (AvgIpc) is 0.740. The van der Waals surface area contributed by atoms with Crippen LogP contribution in [0.25, 0.3) is 98.0 Å². The van der Waals surface area contributed by atoms with Gasteiger partial charge in [0.15, 0.2) is 0 Å². The van der Waals surface area contributed by atoms with Gasteiger partial charge in [-0.05, 0) is 191 Å². The largest absolute Gasteiger partial charge is 0.495 e. The number of hydrogen-bond acceptors (Lipinski definition) is 20. The summed E-state index contributed by atoms with van der Waals surface area (Å²) in [6.45, 7) is 10.4. The van der Waals surface area contributed by atoms with Gasteiger partial charge in [0.2, 0.25) is 0 Å². The van der Waals surface area contributed by atoms with E-state index in [1.165, 1.54) is 42.7 Å². The molecule has 0 aliphatic rings. The lowest BCUT2D eigenvalue weighted by Crippen LogP contribution is -2.27. The molecule has 0 saturated carbocycles. The molecule has 4 aromatic heterocycles. The molecule has 0 aliphatic heterocycles. The van der Waals surface area contributed by atoms with E-state index < -0.39 is 58.8 Å². The quantitative estimate of drug-likeness (QED) is 0.0295. The number of benzene rings is 12. The molecule has 28 nitrogen and oxygen atoms in total. The highest BCUT2D eigenvalue weighted by atomic mass is 16.6. The highest BCUT2D eigenvalue weighted by Crippen LogP contribution is 2.53. The van der Waals surface area contributed by atoms with E-state index in [-0.39, 0.29) is 114 Å². The highest BCUT2D eigenvalue weighted by Gasteiger charge is 2.34. The van der Waals surface area contributed by atoms with E-state index in [1.807, 2.05) is 146 Å². The van der Waals surface area contributed by atoms with Crippen LogP contribution >= 0.6 is 0 Å². The van der Waals surface area contributed by atoms with Crippen molar-refractivity contribution in [1.29, 1.82) is 0 Å². The fraction of sp³-hybridized carbons (Fsp3) is 0.137. The van der Waals surface area contributed by atoms with Crippen molar-refractivity contribution in [2.24, 2.45) is 0 Å². The van der Waals surface area contributed by atoms with Gasteiger partial charge in [0.1, 0.15) is 92.2 Å². The van der Waals surface area contributed by atoms with Crippen molar-refractivity contribution >= 4 is 159 Å². The maximum Gasteiger partial charge on any atom is 0.413 e. The lowest BCUT2D eigenvalue weighted by Gasteiger charge is -2.22. The molecule has 16 rings (SSSR count). The lowest BCUT2D eigenvalue weighted by molar-refractivity contribution is 0.0624. The number of amides is 8. The van der Waals surface area contributed by atoms with Crippen molar-refractivity contribution in [1.82, 2.24) is 19.9 Å². The number of carbonyl (C=O) groups excluding carboxylic acids is 8. The summed E-state index contributed by atoms with van der Waals surface area (Å²) in [6.07, 6.45) is -1.46. The molecule has 28 heteroatoms. The van der Waals surface area contributed by atoms with Gasteiger partial charge in [0.05, 0.1) is 76.0 Å². The number of ether oxygens (including phenoxy) is 8. The van der Waals surface area contributed by atoms with Crippen LogP contribution in [0.1, 0.15) is 104 Å². The first kappa shape index (κ1) is 86.5. The van der Waals surface area contributed by atoms with E-state index in [1.54, 1.807) is 151 Å². The highest BCUT2D eigenvalue weighted by molar-refractivity contribution is 6.24. The molecule has 16 aromatic rings. The van der Waals surface area contributed by atoms with Gasteiger partial charge in [-0.2, -0.15) is 0 Å². The predicted molar refractivity (Wildman–Crippen MR) is 504 cm³/mol. The monoisotopic (exact) mass is 1730 g/mol. The summed E-state index contributed by atoms with van der Waals surface area (Å²) >= 11 is 0. The van der Waals surface area contributed by atoms with Crippen LogP contribution in [0.2, 0.25) is 0 Å². The zero-order valence-corrected chi connectivity index (χ0v) is 72.6. The number of pyridine rings is 4. The second-order valence-corrected chi connectivity index (χ2v) is 31.9. The van der Waals surface area contributed by atoms with Gasteiger partial charge in [-0.1, -0.05) is 170 Å². The normalized spacial score (nSPS) is 11.3. The van der Waals surface area contributed by atoms with Gasteiger partial charge < -0.3 is 69.8 Å². The minimum absolute atomic E-state index is 0.0351. The van der Waals surface area contributed by atoms with E-state index in [0.29, 0.717) is 98.0 Å². The molecule has 130 heavy (non-hydrogen) atoms. The SMILES string of the molecule is COc1c(C(=O)Nc2cccc(NC(=O)OC(C)(C)C)n2)cc2ccccc2c1-c1c(OC)c(C(=O)Nc2cccc(NC(=O)c3cc4ccccc4c(-c4c(OC)c(C(=O)Nc5cccc(NC(=O)c6cc7ccccc7c(-c7c(OC)c(C(=O)Nc8cccc(NC(=O)OC(C)(C)C)n8)cc8ccccc78)c6OC)n5)cc5ccccc45)c3OC)n2)cc2ccccc12. The number of methoxy groups -OCH3 is 6. The van der Waals surface area contributed by atoms with Crippen LogP contribution in [-0.2, 0) is 9.47 Å². The molecular weight excluding hydrogens is 1650 g/mol. The molecule has 0 radical (unpaired) electrons. The summed E-state index contributed by atoms with van der Waals surface area (Å²) in [7, 11) is 8.62. The van der Waals surface area contributed by atoms with Gasteiger partial charge in [-0.25, -0.2) is 29.5 Å². The maximum atomic E-state index is 15.3. The van der Waals surface area contributed by atoms with Gasteiger partial charge >= 0.3 is 12.2 Å². The van der Waals surface area contributed by atoms with Crippen LogP contribution < -0.4 is 71.0 Å². The molecule has 8 amide bonds. The number of aromatic nitrogens is 4. The van der Waals surface area contributed by atoms with Gasteiger partial charge in [0.25, 0.3) is 35.4 Å². The molecule has 4 heterocycles. The molecule has 0 atom stereocenters. The van der Waals surface area contributed by atoms with E-state index >= 15 is 19.2 Å². The van der Waals surface area contributed by atoms with E-state index in [0.717, 1.165) is 0 Å². The predicted octanol–water partition coefficient (Wildman–Crippen LogP) is 21.4. The minimum atomic E-state index is -0.777. The third-order valence-electron chi connectivity index (χ3n) is 21.2. The molecule has 12 aromatic carbocycles. The van der Waals surface area contributed by atoms with Crippen molar-refractivity contribution in [2.45, 2.75) is 52.7 Å². The van der Waals surface area contributed by atoms with Crippen LogP contribution in [0.3, 0.4) is 0 Å². The first-order chi connectivity index (χ1) is 62.7. The molecule has 0 unspecified atom stereocenters. The third kappa shape index (κ3) is 17.7. The van der Waals surface area contributed by atoms with Gasteiger partial charge in [0, 0.05) is 33.4 Å². The Bertz CT molecular complexity index is 6900. The topological polar surface area (TPSA) is 358 Å². The summed E-state index contributed by atoms with van der Waals surface area (Å²) in [6, 6.07) is 73.5. The van der Waals surface area contributed by atoms with E-state index in [4.69, 9.17) is 47.9 Å². The Labute approximate surface area is 745 Å². The fourth-order valence-corrected chi connectivity index (χ4v) is 16.0. The first-order valence-corrected chi connectivity index (χ1v) is 41.1. The first-order valence-electron chi connectivity index (χ1n) is 41.1. The zero-order chi connectivity index (χ0) is 91.4. The number of hydrogen-bond donors (Lipinski definition) is 8. The Morgan fingerprint density at radius 1 is 0.215 bits per heavy atom. The smallest absolute Gasteiger partial charge is 0.413 e. The Morgan fingerprint density at radius 2 is 0.369 bits per heavy atom. The van der Waals surface area contributed by atoms with Crippen LogP contribution in [0, 0.1) is 0 Å². The lowest BCUT2D eigenvalue weighted by atomic mass is 9.88. The molecule has 0 saturated heterocycles. The number of nitrogens with zero attached hydrogens (tertiary/aromatic N) is 4. The van der Waals surface area contributed by atoms with Crippen LogP contribution in [0.4, 0.5) is 56.1 Å². The van der Waals surface area contributed by atoms with Crippen molar-refractivity contribution in [2.75, 3.05) is 85.2 Å². The molecule has 0 bridgehead atoms. The average molecular weight is 1740 g/mol. The maximum absolute atomic E-state index is 15.3. The molecule has 0 spiro atoms. The summed E-state index contributed by atoms with van der Waals surface area (Å²) < 4.78 is 48.6. The Kier molecular flexibility index (Phi) is 24.1. The minimum Gasteiger partial charge on any atom is -0.495 e. The molecule has 0 aliphatic carbocycles. The summed E-state index contributed by atoms with van der Waals surface area (Å²) in [4.78, 5) is 134. The summed E-state index contributed by atoms with van der Waals surface area (Å²) in [5.41, 5.74) is 1.44. The fourth-order valence-electron chi connectivity index (χ4n) is 16.0. The van der Waals surface area contributed by atoms with Crippen molar-refractivity contribution < 1.29 is 76.3 Å². The molecule has 0 fully saturated rings. The number of carbonyl (C=O) groups is 8. The van der Waals surface area contributed by atoms with Crippen molar-refractivity contribution in [3.05, 3.63) is 288 Å². The standard InChI is InChI=1S/C102H86N12O16/c1-101(2,3)129-99(121)113-79-47-27-45-77(105-79)111-97(119)71-53-59-33-17-23-39-65(59)85(91(71)127-11)83-63-37-21-15-31-57(63)51-69(89(83)125-9)95(117)109-75-43-25-41-73(103-75)107-93(115)67-49-55-29-13-19-35-61(55)81(87(67)123-7)82-62-36-20-14-30-56(62)50-68(88(82)124-8)94(116)108-74-42-26-44-76(104-74)110-96(118)70-52-58-32-16-22-38-64(58)84(90(70)126-10)86-66-40-24-18-34-60(66)54-72(92(86)128-12)98(120)112-78-46-28-48-80(106-78)114-100(122)130-102(4,5)6/h13-54H,1-12H3,(H2,103,107,109,115,117)(H2,104,108,110,116,118)(H2,105,111,113,119,121)(H2,106,112,114,120,122). The summed E-state index contributed by atoms with van der Waals surface area (Å²) in [5, 5.41) is 30.3. The Morgan fingerprint density at radius 3 is 0.523 bits per heavy atom. The van der Waals surface area contributed by atoms with Crippen LogP contribution in [0.15, 0.2) is 255 Å². The Hall–Kier alpha value is -17.0. The second-order valence-electron chi connectivity index (χ2n) is 31.9. The van der Waals surface area contributed by atoms with Crippen LogP contribution in [-0.4, -0.2) is 121 Å². The number of nitrogens with one attached hydrogen (secondary N) is 8. The molecule has 650 valence electrons. The van der Waals surface area contributed by atoms with E-state index in [9.17, 15) is 19.2 Å². The van der Waals surface area contributed by atoms with Crippen molar-refractivity contribution in [3.63, 3.8) is 0 Å². The van der Waals surface area contributed by atoms with Gasteiger partial charge in [-0.3, -0.25) is 39.4 Å². The third-order valence-corrected chi connectivity index (χ3v) is 21.2. The number of fused-ring (bicyclic) bond motifs is 6.